The van der Waals surface area contributed by atoms with Gasteiger partial charge in [-0.15, -0.1) is 0 Å². The van der Waals surface area contributed by atoms with Gasteiger partial charge in [0.25, 0.3) is 0 Å². The Balaban J connectivity index is 2.90. The molecule has 0 spiro atoms. The minimum absolute atomic E-state index is 0.217. The molecule has 1 rings (SSSR count). The molecule has 1 aromatic rings. The molecule has 0 radical (unpaired) electrons. The third kappa shape index (κ3) is 2.93. The maximum absolute atomic E-state index is 10.2. The van der Waals surface area contributed by atoms with Crippen LogP contribution in [0.4, 0.5) is 5.69 Å². The molecule has 0 amide bonds. The lowest BCUT2D eigenvalue weighted by Gasteiger charge is -2.26. The summed E-state index contributed by atoms with van der Waals surface area (Å²) in [5.41, 5.74) is 6.98. The highest BCUT2D eigenvalue weighted by Crippen LogP contribution is 2.27. The van der Waals surface area contributed by atoms with Gasteiger partial charge in [-0.05, 0) is 18.9 Å². The SMILES string of the molecule is CCOC(C(C)C)C(O)c1cnccc1N. The Kier molecular flexibility index (Phi) is 4.71. The van der Waals surface area contributed by atoms with Crippen molar-refractivity contribution in [2.45, 2.75) is 33.0 Å². The van der Waals surface area contributed by atoms with Crippen LogP contribution in [-0.4, -0.2) is 22.8 Å². The summed E-state index contributed by atoms with van der Waals surface area (Å²) in [5.74, 6) is 0.217. The van der Waals surface area contributed by atoms with Crippen molar-refractivity contribution in [3.63, 3.8) is 0 Å². The molecule has 16 heavy (non-hydrogen) atoms. The number of aromatic nitrogens is 1. The number of hydrogen-bond donors (Lipinski definition) is 2. The minimum atomic E-state index is -0.728. The summed E-state index contributed by atoms with van der Waals surface area (Å²) in [6, 6.07) is 1.68. The number of rotatable bonds is 5. The van der Waals surface area contributed by atoms with Crippen molar-refractivity contribution in [2.75, 3.05) is 12.3 Å². The number of anilines is 1. The van der Waals surface area contributed by atoms with Crippen LogP contribution in [0.3, 0.4) is 0 Å². The van der Waals surface area contributed by atoms with Gasteiger partial charge in [0.2, 0.25) is 0 Å². The van der Waals surface area contributed by atoms with E-state index in [1.165, 1.54) is 0 Å². The summed E-state index contributed by atoms with van der Waals surface area (Å²) >= 11 is 0. The van der Waals surface area contributed by atoms with Crippen LogP contribution in [0.5, 0.6) is 0 Å². The summed E-state index contributed by atoms with van der Waals surface area (Å²) in [6.45, 7) is 6.50. The summed E-state index contributed by atoms with van der Waals surface area (Å²) in [6.07, 6.45) is 2.22. The van der Waals surface area contributed by atoms with E-state index >= 15 is 0 Å². The van der Waals surface area contributed by atoms with Crippen LogP contribution in [-0.2, 0) is 4.74 Å². The van der Waals surface area contributed by atoms with E-state index in [2.05, 4.69) is 4.98 Å². The molecule has 0 saturated heterocycles. The lowest BCUT2D eigenvalue weighted by atomic mass is 9.96. The molecular weight excluding hydrogens is 204 g/mol. The van der Waals surface area contributed by atoms with E-state index in [9.17, 15) is 5.11 Å². The molecule has 0 aliphatic rings. The van der Waals surface area contributed by atoms with Crippen molar-refractivity contribution < 1.29 is 9.84 Å². The molecule has 1 aromatic heterocycles. The molecule has 2 unspecified atom stereocenters. The van der Waals surface area contributed by atoms with Crippen LogP contribution < -0.4 is 5.73 Å². The van der Waals surface area contributed by atoms with Crippen molar-refractivity contribution in [2.24, 2.45) is 5.92 Å². The summed E-state index contributed by atoms with van der Waals surface area (Å²) < 4.78 is 5.54. The smallest absolute Gasteiger partial charge is 0.109 e. The van der Waals surface area contributed by atoms with Crippen molar-refractivity contribution in [1.29, 1.82) is 0 Å². The molecule has 1 heterocycles. The van der Waals surface area contributed by atoms with Gasteiger partial charge in [-0.3, -0.25) is 4.98 Å². The maximum Gasteiger partial charge on any atom is 0.109 e. The van der Waals surface area contributed by atoms with Gasteiger partial charge in [0.1, 0.15) is 6.10 Å². The lowest BCUT2D eigenvalue weighted by molar-refractivity contribution is -0.0583. The molecule has 0 aliphatic heterocycles. The van der Waals surface area contributed by atoms with E-state index in [1.807, 2.05) is 20.8 Å². The van der Waals surface area contributed by atoms with E-state index in [1.54, 1.807) is 18.5 Å². The van der Waals surface area contributed by atoms with Crippen LogP contribution in [0.25, 0.3) is 0 Å². The van der Waals surface area contributed by atoms with Crippen LogP contribution in [0.1, 0.15) is 32.4 Å². The predicted octanol–water partition coefficient (Wildman–Crippen LogP) is 1.76. The number of ether oxygens (including phenoxy) is 1. The zero-order valence-corrected chi connectivity index (χ0v) is 10.1. The number of nitrogens with zero attached hydrogens (tertiary/aromatic N) is 1. The number of aliphatic hydroxyl groups excluding tert-OH is 1. The van der Waals surface area contributed by atoms with E-state index in [0.717, 1.165) is 0 Å². The van der Waals surface area contributed by atoms with Gasteiger partial charge in [-0.2, -0.15) is 0 Å². The molecule has 0 aliphatic carbocycles. The molecule has 2 atom stereocenters. The van der Waals surface area contributed by atoms with E-state index < -0.39 is 6.10 Å². The van der Waals surface area contributed by atoms with Gasteiger partial charge in [0, 0.05) is 30.3 Å². The minimum Gasteiger partial charge on any atom is -0.398 e. The second kappa shape index (κ2) is 5.82. The first kappa shape index (κ1) is 12.9. The number of nitrogen functional groups attached to an aromatic ring is 1. The molecule has 3 N–H and O–H groups in total. The fourth-order valence-electron chi connectivity index (χ4n) is 1.68. The number of pyridine rings is 1. The Morgan fingerprint density at radius 3 is 2.69 bits per heavy atom. The third-order valence-corrected chi connectivity index (χ3v) is 2.53. The highest BCUT2D eigenvalue weighted by Gasteiger charge is 2.26. The van der Waals surface area contributed by atoms with Crippen LogP contribution in [0, 0.1) is 5.92 Å². The number of nitrogens with two attached hydrogens (primary N) is 1. The Bertz CT molecular complexity index is 329. The second-order valence-corrected chi connectivity index (χ2v) is 4.11. The Labute approximate surface area is 96.5 Å². The normalized spacial score (nSPS) is 15.1. The van der Waals surface area contributed by atoms with Crippen LogP contribution in [0.15, 0.2) is 18.5 Å². The fraction of sp³-hybridized carbons (Fsp3) is 0.583. The lowest BCUT2D eigenvalue weighted by Crippen LogP contribution is -2.28. The summed E-state index contributed by atoms with van der Waals surface area (Å²) in [4.78, 5) is 3.97. The Hall–Kier alpha value is -1.13. The van der Waals surface area contributed by atoms with E-state index in [4.69, 9.17) is 10.5 Å². The highest BCUT2D eigenvalue weighted by atomic mass is 16.5. The summed E-state index contributed by atoms with van der Waals surface area (Å²) in [5, 5.41) is 10.2. The Morgan fingerprint density at radius 2 is 2.19 bits per heavy atom. The molecule has 0 bridgehead atoms. The number of aliphatic hydroxyl groups is 1. The standard InChI is InChI=1S/C12H20N2O2/c1-4-16-12(8(2)3)11(15)9-7-14-6-5-10(9)13/h5-8,11-12,15H,4H2,1-3H3,(H2,13,14). The van der Waals surface area contributed by atoms with Crippen molar-refractivity contribution in [3.05, 3.63) is 24.0 Å². The molecule has 0 aromatic carbocycles. The Morgan fingerprint density at radius 1 is 1.50 bits per heavy atom. The van der Waals surface area contributed by atoms with Gasteiger partial charge in [0.05, 0.1) is 6.10 Å². The average Bonchev–Trinajstić information content (AvgIpc) is 2.25. The van der Waals surface area contributed by atoms with Gasteiger partial charge >= 0.3 is 0 Å². The first-order valence-electron chi connectivity index (χ1n) is 5.57. The largest absolute Gasteiger partial charge is 0.398 e. The second-order valence-electron chi connectivity index (χ2n) is 4.11. The number of hydrogen-bond acceptors (Lipinski definition) is 4. The first-order chi connectivity index (χ1) is 7.57. The monoisotopic (exact) mass is 224 g/mol. The third-order valence-electron chi connectivity index (χ3n) is 2.53. The highest BCUT2D eigenvalue weighted by molar-refractivity contribution is 5.46. The molecule has 4 heteroatoms. The van der Waals surface area contributed by atoms with E-state index in [0.29, 0.717) is 17.9 Å². The van der Waals surface area contributed by atoms with Crippen molar-refractivity contribution >= 4 is 5.69 Å². The molecule has 0 saturated carbocycles. The van der Waals surface area contributed by atoms with Crippen molar-refractivity contribution in [1.82, 2.24) is 4.98 Å². The molecule has 90 valence electrons. The van der Waals surface area contributed by atoms with Gasteiger partial charge in [-0.1, -0.05) is 13.8 Å². The fourth-order valence-corrected chi connectivity index (χ4v) is 1.68. The van der Waals surface area contributed by atoms with Gasteiger partial charge in [0.15, 0.2) is 0 Å². The molecule has 0 fully saturated rings. The van der Waals surface area contributed by atoms with E-state index in [-0.39, 0.29) is 12.0 Å². The quantitative estimate of drug-likeness (QED) is 0.799. The zero-order valence-electron chi connectivity index (χ0n) is 10.1. The van der Waals surface area contributed by atoms with Gasteiger partial charge < -0.3 is 15.6 Å². The predicted molar refractivity (Wildman–Crippen MR) is 63.9 cm³/mol. The topological polar surface area (TPSA) is 68.4 Å². The van der Waals surface area contributed by atoms with Crippen LogP contribution >= 0.6 is 0 Å². The first-order valence-corrected chi connectivity index (χ1v) is 5.57. The molecular formula is C12H20N2O2. The van der Waals surface area contributed by atoms with Gasteiger partial charge in [-0.25, -0.2) is 0 Å². The molecule has 4 nitrogen and oxygen atoms in total. The maximum atomic E-state index is 10.2. The van der Waals surface area contributed by atoms with Crippen LogP contribution in [0.2, 0.25) is 0 Å². The average molecular weight is 224 g/mol. The zero-order chi connectivity index (χ0) is 12.1. The van der Waals surface area contributed by atoms with Crippen molar-refractivity contribution in [3.8, 4) is 0 Å². The summed E-state index contributed by atoms with van der Waals surface area (Å²) in [7, 11) is 0.